The van der Waals surface area contributed by atoms with Gasteiger partial charge in [0.15, 0.2) is 5.78 Å². The third-order valence-corrected chi connectivity index (χ3v) is 4.64. The fourth-order valence-corrected chi connectivity index (χ4v) is 3.28. The Hall–Kier alpha value is -1.52. The van der Waals surface area contributed by atoms with Crippen LogP contribution >= 0.6 is 11.3 Å². The number of carbonyl (C=O) groups excluding carboxylic acids is 1. The number of nitrogens with two attached hydrogens (primary N) is 1. The first-order valence-electron chi connectivity index (χ1n) is 6.47. The normalized spacial score (nSPS) is 18.5. The minimum Gasteiger partial charge on any atom is -0.322 e. The Morgan fingerprint density at radius 3 is 3.00 bits per heavy atom. The Morgan fingerprint density at radius 2 is 2.32 bits per heavy atom. The van der Waals surface area contributed by atoms with Crippen molar-refractivity contribution in [3.05, 3.63) is 51.5 Å². The van der Waals surface area contributed by atoms with E-state index in [4.69, 9.17) is 5.73 Å². The number of aromatic nitrogens is 1. The third kappa shape index (κ3) is 2.33. The molecular weight excluding hydrogens is 256 g/mol. The molecule has 0 saturated carbocycles. The molecule has 2 atom stereocenters. The van der Waals surface area contributed by atoms with Crippen LogP contribution in [0.2, 0.25) is 0 Å². The van der Waals surface area contributed by atoms with E-state index in [1.807, 2.05) is 24.4 Å². The lowest BCUT2D eigenvalue weighted by Crippen LogP contribution is -2.20. The fourth-order valence-electron chi connectivity index (χ4n) is 2.50. The number of carbonyl (C=O) groups is 1. The van der Waals surface area contributed by atoms with Gasteiger partial charge in [0.25, 0.3) is 0 Å². The summed E-state index contributed by atoms with van der Waals surface area (Å²) in [7, 11) is 0. The maximum absolute atomic E-state index is 12.2. The molecule has 1 aliphatic rings. The average Bonchev–Trinajstić information content (AvgIpc) is 2.85. The maximum Gasteiger partial charge on any atom is 0.182 e. The van der Waals surface area contributed by atoms with Crippen molar-refractivity contribution in [3.63, 3.8) is 0 Å². The summed E-state index contributed by atoms with van der Waals surface area (Å²) in [6.45, 7) is 1.88. The van der Waals surface area contributed by atoms with Crippen LogP contribution in [0.3, 0.4) is 0 Å². The molecule has 2 unspecified atom stereocenters. The van der Waals surface area contributed by atoms with E-state index in [9.17, 15) is 4.79 Å². The summed E-state index contributed by atoms with van der Waals surface area (Å²) in [4.78, 5) is 16.5. The van der Waals surface area contributed by atoms with E-state index >= 15 is 0 Å². The number of fused-ring (bicyclic) bond motifs is 1. The molecule has 0 spiro atoms. The first-order chi connectivity index (χ1) is 9.15. The molecule has 1 aliphatic carbocycles. The highest BCUT2D eigenvalue weighted by Gasteiger charge is 2.28. The highest BCUT2D eigenvalue weighted by molar-refractivity contribution is 7.09. The monoisotopic (exact) mass is 272 g/mol. The summed E-state index contributed by atoms with van der Waals surface area (Å²) in [5, 5.41) is 2.66. The highest BCUT2D eigenvalue weighted by Crippen LogP contribution is 2.38. The molecule has 1 aromatic heterocycles. The van der Waals surface area contributed by atoms with E-state index < -0.39 is 0 Å². The van der Waals surface area contributed by atoms with Crippen molar-refractivity contribution in [2.75, 3.05) is 0 Å². The van der Waals surface area contributed by atoms with Gasteiger partial charge in [-0.25, -0.2) is 4.98 Å². The summed E-state index contributed by atoms with van der Waals surface area (Å²) >= 11 is 1.47. The molecule has 19 heavy (non-hydrogen) atoms. The molecule has 0 saturated heterocycles. The van der Waals surface area contributed by atoms with Gasteiger partial charge in [-0.2, -0.15) is 0 Å². The second-order valence-electron chi connectivity index (χ2n) is 5.09. The minimum atomic E-state index is -0.101. The standard InChI is InChI=1S/C15H16N2OS/c1-9(16)15-17-13(8-19-15)14(18)7-11-6-10-4-2-3-5-12(10)11/h2-5,8-9,11H,6-7,16H2,1H3. The molecule has 0 radical (unpaired) electrons. The molecule has 0 amide bonds. The predicted octanol–water partition coefficient (Wildman–Crippen LogP) is 3.08. The zero-order valence-corrected chi connectivity index (χ0v) is 11.6. The molecule has 2 N–H and O–H groups in total. The van der Waals surface area contributed by atoms with Crippen molar-refractivity contribution >= 4 is 17.1 Å². The van der Waals surface area contributed by atoms with Crippen LogP contribution in [-0.2, 0) is 6.42 Å². The lowest BCUT2D eigenvalue weighted by Gasteiger charge is -2.29. The zero-order chi connectivity index (χ0) is 13.4. The quantitative estimate of drug-likeness (QED) is 0.870. The van der Waals surface area contributed by atoms with Crippen LogP contribution in [0.25, 0.3) is 0 Å². The molecule has 3 nitrogen and oxygen atoms in total. The second-order valence-corrected chi connectivity index (χ2v) is 5.98. The van der Waals surface area contributed by atoms with Crippen molar-refractivity contribution in [2.45, 2.75) is 31.7 Å². The van der Waals surface area contributed by atoms with Gasteiger partial charge in [-0.05, 0) is 30.4 Å². The number of hydrogen-bond donors (Lipinski definition) is 1. The van der Waals surface area contributed by atoms with Gasteiger partial charge in [0, 0.05) is 11.8 Å². The van der Waals surface area contributed by atoms with Gasteiger partial charge < -0.3 is 5.73 Å². The van der Waals surface area contributed by atoms with Crippen molar-refractivity contribution < 1.29 is 4.79 Å². The topological polar surface area (TPSA) is 56.0 Å². The smallest absolute Gasteiger partial charge is 0.182 e. The Balaban J connectivity index is 1.69. The number of thiazole rings is 1. The number of Topliss-reactive ketones (excluding diaryl/α,β-unsaturated/α-hetero) is 1. The minimum absolute atomic E-state index is 0.101. The summed E-state index contributed by atoms with van der Waals surface area (Å²) < 4.78 is 0. The van der Waals surface area contributed by atoms with Crippen LogP contribution < -0.4 is 5.73 Å². The number of hydrogen-bond acceptors (Lipinski definition) is 4. The Morgan fingerprint density at radius 1 is 1.53 bits per heavy atom. The molecule has 2 aromatic rings. The van der Waals surface area contributed by atoms with E-state index in [0.717, 1.165) is 11.4 Å². The van der Waals surface area contributed by atoms with Crippen LogP contribution in [0.1, 0.15) is 51.9 Å². The van der Waals surface area contributed by atoms with Gasteiger partial charge in [-0.3, -0.25) is 4.79 Å². The largest absolute Gasteiger partial charge is 0.322 e. The van der Waals surface area contributed by atoms with Crippen LogP contribution in [0.15, 0.2) is 29.6 Å². The van der Waals surface area contributed by atoms with Gasteiger partial charge in [-0.1, -0.05) is 24.3 Å². The Bertz CT molecular complexity index is 618. The van der Waals surface area contributed by atoms with E-state index in [0.29, 0.717) is 18.0 Å². The highest BCUT2D eigenvalue weighted by atomic mass is 32.1. The molecule has 4 heteroatoms. The van der Waals surface area contributed by atoms with E-state index in [1.165, 1.54) is 22.5 Å². The fraction of sp³-hybridized carbons (Fsp3) is 0.333. The SMILES string of the molecule is CC(N)c1nc(C(=O)CC2Cc3ccccc32)cs1. The van der Waals surface area contributed by atoms with E-state index in [-0.39, 0.29) is 11.8 Å². The predicted molar refractivity (Wildman–Crippen MR) is 76.6 cm³/mol. The van der Waals surface area contributed by atoms with Crippen LogP contribution in [0.4, 0.5) is 0 Å². The molecule has 3 rings (SSSR count). The number of ketones is 1. The Kier molecular flexibility index (Phi) is 3.21. The summed E-state index contributed by atoms with van der Waals surface area (Å²) in [5.74, 6) is 0.492. The molecule has 98 valence electrons. The molecular formula is C15H16N2OS. The van der Waals surface area contributed by atoms with E-state index in [1.54, 1.807) is 0 Å². The molecule has 0 fully saturated rings. The van der Waals surface area contributed by atoms with Gasteiger partial charge in [-0.15, -0.1) is 11.3 Å². The van der Waals surface area contributed by atoms with Crippen LogP contribution in [-0.4, -0.2) is 10.8 Å². The second kappa shape index (κ2) is 4.87. The molecule has 0 aliphatic heterocycles. The molecule has 1 aromatic carbocycles. The first kappa shape index (κ1) is 12.5. The lowest BCUT2D eigenvalue weighted by atomic mass is 9.75. The van der Waals surface area contributed by atoms with Gasteiger partial charge in [0.2, 0.25) is 0 Å². The van der Waals surface area contributed by atoms with Crippen LogP contribution in [0, 0.1) is 0 Å². The third-order valence-electron chi connectivity index (χ3n) is 3.59. The van der Waals surface area contributed by atoms with E-state index in [2.05, 4.69) is 17.1 Å². The number of benzene rings is 1. The summed E-state index contributed by atoms with van der Waals surface area (Å²) in [6, 6.07) is 8.23. The van der Waals surface area contributed by atoms with Crippen molar-refractivity contribution in [1.29, 1.82) is 0 Å². The number of nitrogens with zero attached hydrogens (tertiary/aromatic N) is 1. The van der Waals surface area contributed by atoms with Gasteiger partial charge in [0.05, 0.1) is 6.04 Å². The Labute approximate surface area is 116 Å². The zero-order valence-electron chi connectivity index (χ0n) is 10.8. The lowest BCUT2D eigenvalue weighted by molar-refractivity contribution is 0.0966. The van der Waals surface area contributed by atoms with Gasteiger partial charge >= 0.3 is 0 Å². The molecule has 0 bridgehead atoms. The summed E-state index contributed by atoms with van der Waals surface area (Å²) in [6.07, 6.45) is 1.56. The average molecular weight is 272 g/mol. The van der Waals surface area contributed by atoms with Crippen molar-refractivity contribution in [2.24, 2.45) is 5.73 Å². The number of rotatable bonds is 4. The first-order valence-corrected chi connectivity index (χ1v) is 7.35. The van der Waals surface area contributed by atoms with Gasteiger partial charge in [0.1, 0.15) is 10.7 Å². The van der Waals surface area contributed by atoms with Crippen molar-refractivity contribution in [1.82, 2.24) is 4.98 Å². The maximum atomic E-state index is 12.2. The van der Waals surface area contributed by atoms with Crippen LogP contribution in [0.5, 0.6) is 0 Å². The van der Waals surface area contributed by atoms with Crippen molar-refractivity contribution in [3.8, 4) is 0 Å². The molecule has 1 heterocycles. The summed E-state index contributed by atoms with van der Waals surface area (Å²) in [5.41, 5.74) is 9.02.